The lowest BCUT2D eigenvalue weighted by atomic mass is 9.87. The molecular formula is C12H13ClO2. The number of ether oxygens (including phenoxy) is 1. The lowest BCUT2D eigenvalue weighted by Gasteiger charge is -2.25. The molecule has 1 aromatic rings. The van der Waals surface area contributed by atoms with Gasteiger partial charge in [0.1, 0.15) is 5.75 Å². The topological polar surface area (TPSA) is 26.3 Å². The van der Waals surface area contributed by atoms with Crippen molar-refractivity contribution < 1.29 is 9.53 Å². The van der Waals surface area contributed by atoms with Crippen LogP contribution < -0.4 is 4.74 Å². The molecule has 0 bridgehead atoms. The number of fused-ring (bicyclic) bond motifs is 1. The fourth-order valence-electron chi connectivity index (χ4n) is 1.82. The maximum absolute atomic E-state index is 11.6. The van der Waals surface area contributed by atoms with Gasteiger partial charge in [-0.05, 0) is 36.1 Å². The van der Waals surface area contributed by atoms with Crippen molar-refractivity contribution >= 4 is 17.6 Å². The third-order valence-corrected chi connectivity index (χ3v) is 3.02. The van der Waals surface area contributed by atoms with Crippen LogP contribution >= 0.6 is 11.6 Å². The van der Waals surface area contributed by atoms with E-state index in [2.05, 4.69) is 0 Å². The smallest absolute Gasteiger partial charge is 0.314 e. The Bertz CT molecular complexity index is 399. The molecule has 2 nitrogen and oxygen atoms in total. The van der Waals surface area contributed by atoms with Crippen molar-refractivity contribution in [3.8, 4) is 5.75 Å². The van der Waals surface area contributed by atoms with Crippen LogP contribution in [0.4, 0.5) is 0 Å². The van der Waals surface area contributed by atoms with Gasteiger partial charge in [-0.2, -0.15) is 0 Å². The summed E-state index contributed by atoms with van der Waals surface area (Å²) in [6, 6.07) is 5.37. The summed E-state index contributed by atoms with van der Waals surface area (Å²) in [6.07, 6.45) is 0.729. The SMILES string of the molecule is CC(C)C1Cc2cc(Cl)ccc2OC1=O. The van der Waals surface area contributed by atoms with Gasteiger partial charge in [-0.15, -0.1) is 0 Å². The Morgan fingerprint density at radius 1 is 1.47 bits per heavy atom. The van der Waals surface area contributed by atoms with E-state index in [-0.39, 0.29) is 11.9 Å². The highest BCUT2D eigenvalue weighted by Crippen LogP contribution is 2.32. The first-order chi connectivity index (χ1) is 7.08. The molecule has 3 heteroatoms. The molecule has 0 radical (unpaired) electrons. The van der Waals surface area contributed by atoms with Crippen molar-refractivity contribution in [1.29, 1.82) is 0 Å². The van der Waals surface area contributed by atoms with Gasteiger partial charge in [-0.1, -0.05) is 25.4 Å². The van der Waals surface area contributed by atoms with Gasteiger partial charge in [0, 0.05) is 5.02 Å². The van der Waals surface area contributed by atoms with E-state index in [1.165, 1.54) is 0 Å². The van der Waals surface area contributed by atoms with Crippen LogP contribution in [0.3, 0.4) is 0 Å². The van der Waals surface area contributed by atoms with Crippen LogP contribution in [0.25, 0.3) is 0 Å². The molecule has 1 aliphatic rings. The molecule has 15 heavy (non-hydrogen) atoms. The first-order valence-electron chi connectivity index (χ1n) is 5.08. The molecule has 0 saturated heterocycles. The van der Waals surface area contributed by atoms with E-state index in [1.807, 2.05) is 19.9 Å². The molecule has 2 rings (SSSR count). The van der Waals surface area contributed by atoms with E-state index < -0.39 is 0 Å². The van der Waals surface area contributed by atoms with Crippen LogP contribution in [0, 0.1) is 11.8 Å². The van der Waals surface area contributed by atoms with E-state index in [4.69, 9.17) is 16.3 Å². The summed E-state index contributed by atoms with van der Waals surface area (Å²) in [5.41, 5.74) is 1.03. The van der Waals surface area contributed by atoms with E-state index in [0.717, 1.165) is 12.0 Å². The molecule has 1 heterocycles. The van der Waals surface area contributed by atoms with Gasteiger partial charge in [0.25, 0.3) is 0 Å². The standard InChI is InChI=1S/C12H13ClO2/c1-7(2)10-6-8-5-9(13)3-4-11(8)15-12(10)14/h3-5,7,10H,6H2,1-2H3. The van der Waals surface area contributed by atoms with E-state index in [9.17, 15) is 4.79 Å². The lowest BCUT2D eigenvalue weighted by Crippen LogP contribution is -2.31. The predicted molar refractivity (Wildman–Crippen MR) is 59.1 cm³/mol. The van der Waals surface area contributed by atoms with Crippen molar-refractivity contribution in [1.82, 2.24) is 0 Å². The molecule has 1 atom stereocenters. The summed E-state index contributed by atoms with van der Waals surface area (Å²) >= 11 is 5.90. The lowest BCUT2D eigenvalue weighted by molar-refractivity contribution is -0.141. The molecule has 0 fully saturated rings. The third-order valence-electron chi connectivity index (χ3n) is 2.78. The fourth-order valence-corrected chi connectivity index (χ4v) is 2.01. The molecule has 0 saturated carbocycles. The number of esters is 1. The number of rotatable bonds is 1. The average Bonchev–Trinajstić information content (AvgIpc) is 2.17. The Morgan fingerprint density at radius 2 is 2.20 bits per heavy atom. The quantitative estimate of drug-likeness (QED) is 0.541. The van der Waals surface area contributed by atoms with Gasteiger partial charge >= 0.3 is 5.97 Å². The molecular weight excluding hydrogens is 212 g/mol. The van der Waals surface area contributed by atoms with Gasteiger partial charge < -0.3 is 4.74 Å². The van der Waals surface area contributed by atoms with Crippen LogP contribution in [-0.4, -0.2) is 5.97 Å². The minimum Gasteiger partial charge on any atom is -0.426 e. The van der Waals surface area contributed by atoms with Crippen molar-refractivity contribution in [2.75, 3.05) is 0 Å². The molecule has 0 N–H and O–H groups in total. The van der Waals surface area contributed by atoms with Crippen LogP contribution in [-0.2, 0) is 11.2 Å². The molecule has 0 aliphatic carbocycles. The van der Waals surface area contributed by atoms with Crippen LogP contribution in [0.1, 0.15) is 19.4 Å². The Morgan fingerprint density at radius 3 is 2.87 bits per heavy atom. The molecule has 0 spiro atoms. The van der Waals surface area contributed by atoms with Crippen molar-refractivity contribution in [2.45, 2.75) is 20.3 Å². The predicted octanol–water partition coefficient (Wildman–Crippen LogP) is 3.07. The molecule has 1 aromatic carbocycles. The van der Waals surface area contributed by atoms with Crippen LogP contribution in [0.5, 0.6) is 5.75 Å². The Labute approximate surface area is 94.2 Å². The monoisotopic (exact) mass is 224 g/mol. The summed E-state index contributed by atoms with van der Waals surface area (Å²) in [4.78, 5) is 11.6. The molecule has 1 unspecified atom stereocenters. The Hall–Kier alpha value is -1.02. The number of hydrogen-bond donors (Lipinski definition) is 0. The Kier molecular flexibility index (Phi) is 2.70. The number of halogens is 1. The summed E-state index contributed by atoms with van der Waals surface area (Å²) in [5.74, 6) is 0.779. The zero-order valence-corrected chi connectivity index (χ0v) is 9.54. The van der Waals surface area contributed by atoms with E-state index in [1.54, 1.807) is 12.1 Å². The van der Waals surface area contributed by atoms with Gasteiger partial charge in [0.05, 0.1) is 5.92 Å². The van der Waals surface area contributed by atoms with Crippen molar-refractivity contribution in [2.24, 2.45) is 11.8 Å². The molecule has 0 aromatic heterocycles. The zero-order chi connectivity index (χ0) is 11.0. The molecule has 1 aliphatic heterocycles. The fraction of sp³-hybridized carbons (Fsp3) is 0.417. The maximum Gasteiger partial charge on any atom is 0.314 e. The van der Waals surface area contributed by atoms with Crippen LogP contribution in [0.15, 0.2) is 18.2 Å². The third kappa shape index (κ3) is 2.00. The maximum atomic E-state index is 11.6. The summed E-state index contributed by atoms with van der Waals surface area (Å²) < 4.78 is 5.26. The van der Waals surface area contributed by atoms with Crippen molar-refractivity contribution in [3.05, 3.63) is 28.8 Å². The second-order valence-electron chi connectivity index (χ2n) is 4.23. The van der Waals surface area contributed by atoms with Gasteiger partial charge in [-0.3, -0.25) is 4.79 Å². The first-order valence-corrected chi connectivity index (χ1v) is 5.46. The number of carbonyl (C=O) groups is 1. The normalized spacial score (nSPS) is 20.0. The average molecular weight is 225 g/mol. The van der Waals surface area contributed by atoms with E-state index >= 15 is 0 Å². The number of benzene rings is 1. The van der Waals surface area contributed by atoms with E-state index in [0.29, 0.717) is 16.7 Å². The van der Waals surface area contributed by atoms with Crippen molar-refractivity contribution in [3.63, 3.8) is 0 Å². The largest absolute Gasteiger partial charge is 0.426 e. The minimum atomic E-state index is -0.125. The van der Waals surface area contributed by atoms with Gasteiger partial charge in [0.2, 0.25) is 0 Å². The highest BCUT2D eigenvalue weighted by molar-refractivity contribution is 6.30. The highest BCUT2D eigenvalue weighted by Gasteiger charge is 2.30. The minimum absolute atomic E-state index is 0.0454. The second-order valence-corrected chi connectivity index (χ2v) is 4.66. The van der Waals surface area contributed by atoms with Crippen LogP contribution in [0.2, 0.25) is 5.02 Å². The summed E-state index contributed by atoms with van der Waals surface area (Å²) in [5, 5.41) is 0.689. The molecule has 0 amide bonds. The van der Waals surface area contributed by atoms with Gasteiger partial charge in [0.15, 0.2) is 0 Å². The molecule has 80 valence electrons. The summed E-state index contributed by atoms with van der Waals surface area (Å²) in [7, 11) is 0. The Balaban J connectivity index is 2.34. The number of carbonyl (C=O) groups excluding carboxylic acids is 1. The highest BCUT2D eigenvalue weighted by atomic mass is 35.5. The summed E-state index contributed by atoms with van der Waals surface area (Å²) in [6.45, 7) is 4.06. The zero-order valence-electron chi connectivity index (χ0n) is 8.79. The number of hydrogen-bond acceptors (Lipinski definition) is 2. The van der Waals surface area contributed by atoms with Gasteiger partial charge in [-0.25, -0.2) is 0 Å². The second kappa shape index (κ2) is 3.86. The first kappa shape index (κ1) is 10.5.